The van der Waals surface area contributed by atoms with Crippen LogP contribution in [0.2, 0.25) is 0 Å². The minimum Gasteiger partial charge on any atom is -0.383 e. The Morgan fingerprint density at radius 3 is 2.74 bits per heavy atom. The highest BCUT2D eigenvalue weighted by Gasteiger charge is 2.44. The Hall–Kier alpha value is -1.11. The zero-order valence-corrected chi connectivity index (χ0v) is 18.2. The van der Waals surface area contributed by atoms with Gasteiger partial charge < -0.3 is 20.3 Å². The number of hydrogen-bond acceptors (Lipinski definition) is 3. The molecule has 2 N–H and O–H groups in total. The second-order valence-electron chi connectivity index (χ2n) is 7.74. The number of hydrogen-bond donors (Lipinski definition) is 2. The molecule has 0 bridgehead atoms. The molecule has 2 fully saturated rings. The molecule has 2 aliphatic rings. The van der Waals surface area contributed by atoms with Gasteiger partial charge in [-0.05, 0) is 50.3 Å². The Balaban J connectivity index is 1.54. The van der Waals surface area contributed by atoms with E-state index >= 15 is 0 Å². The van der Waals surface area contributed by atoms with E-state index in [0.717, 1.165) is 62.6 Å². The number of piperidine rings is 1. The lowest BCUT2D eigenvalue weighted by Crippen LogP contribution is -2.49. The second-order valence-corrected chi connectivity index (χ2v) is 8.65. The molecule has 5 nitrogen and oxygen atoms in total. The van der Waals surface area contributed by atoms with E-state index in [0.29, 0.717) is 6.04 Å². The molecule has 0 amide bonds. The van der Waals surface area contributed by atoms with Crippen LogP contribution in [0.1, 0.15) is 38.2 Å². The second kappa shape index (κ2) is 9.89. The van der Waals surface area contributed by atoms with Crippen molar-refractivity contribution in [2.24, 2.45) is 4.99 Å². The molecule has 1 saturated carbocycles. The third-order valence-corrected chi connectivity index (χ3v) is 6.21. The normalized spacial score (nSPS) is 20.5. The molecule has 1 aliphatic carbocycles. The van der Waals surface area contributed by atoms with Crippen LogP contribution in [0.15, 0.2) is 33.7 Å². The van der Waals surface area contributed by atoms with E-state index in [-0.39, 0.29) is 5.41 Å². The first kappa shape index (κ1) is 20.6. The van der Waals surface area contributed by atoms with E-state index in [4.69, 9.17) is 9.73 Å². The summed E-state index contributed by atoms with van der Waals surface area (Å²) >= 11 is 3.60. The average molecular weight is 437 g/mol. The summed E-state index contributed by atoms with van der Waals surface area (Å²) < 4.78 is 6.35. The van der Waals surface area contributed by atoms with Crippen LogP contribution < -0.4 is 10.6 Å². The lowest BCUT2D eigenvalue weighted by molar-refractivity contribution is 0.128. The number of rotatable bonds is 8. The first-order chi connectivity index (χ1) is 13.1. The van der Waals surface area contributed by atoms with Gasteiger partial charge in [-0.3, -0.25) is 4.99 Å². The van der Waals surface area contributed by atoms with E-state index in [1.807, 2.05) is 0 Å². The molecule has 0 radical (unpaired) electrons. The molecule has 0 atom stereocenters. The molecule has 27 heavy (non-hydrogen) atoms. The minimum atomic E-state index is 0.232. The molecule has 150 valence electrons. The van der Waals surface area contributed by atoms with Crippen molar-refractivity contribution in [2.75, 3.05) is 46.4 Å². The van der Waals surface area contributed by atoms with Gasteiger partial charge in [0.05, 0.1) is 13.2 Å². The van der Waals surface area contributed by atoms with Crippen LogP contribution in [0.25, 0.3) is 0 Å². The number of nitrogens with zero attached hydrogens (tertiary/aromatic N) is 2. The Morgan fingerprint density at radius 2 is 2.11 bits per heavy atom. The van der Waals surface area contributed by atoms with E-state index in [1.54, 1.807) is 7.11 Å². The topological polar surface area (TPSA) is 48.9 Å². The first-order valence-corrected chi connectivity index (χ1v) is 11.0. The zero-order valence-electron chi connectivity index (χ0n) is 16.6. The third-order valence-electron chi connectivity index (χ3n) is 5.71. The number of halogens is 1. The summed E-state index contributed by atoms with van der Waals surface area (Å²) in [6, 6.07) is 9.21. The van der Waals surface area contributed by atoms with Crippen molar-refractivity contribution < 1.29 is 4.74 Å². The summed E-state index contributed by atoms with van der Waals surface area (Å²) in [5.74, 6) is 0.967. The fraction of sp³-hybridized carbons (Fsp3) is 0.667. The van der Waals surface area contributed by atoms with Gasteiger partial charge in [0.2, 0.25) is 0 Å². The molecule has 3 rings (SSSR count). The summed E-state index contributed by atoms with van der Waals surface area (Å²) in [6.07, 6.45) is 4.77. The first-order valence-electron chi connectivity index (χ1n) is 10.2. The van der Waals surface area contributed by atoms with E-state index in [2.05, 4.69) is 62.7 Å². The Kier molecular flexibility index (Phi) is 7.56. The van der Waals surface area contributed by atoms with Crippen molar-refractivity contribution in [1.29, 1.82) is 0 Å². The van der Waals surface area contributed by atoms with Crippen molar-refractivity contribution in [3.63, 3.8) is 0 Å². The van der Waals surface area contributed by atoms with Crippen LogP contribution >= 0.6 is 15.9 Å². The molecule has 1 aliphatic heterocycles. The van der Waals surface area contributed by atoms with Gasteiger partial charge in [-0.2, -0.15) is 0 Å². The Morgan fingerprint density at radius 1 is 1.33 bits per heavy atom. The number of benzene rings is 1. The smallest absolute Gasteiger partial charge is 0.191 e. The van der Waals surface area contributed by atoms with Crippen molar-refractivity contribution in [3.8, 4) is 0 Å². The maximum Gasteiger partial charge on any atom is 0.191 e. The van der Waals surface area contributed by atoms with Gasteiger partial charge in [0.15, 0.2) is 5.96 Å². The summed E-state index contributed by atoms with van der Waals surface area (Å²) in [5, 5.41) is 7.10. The average Bonchev–Trinajstić information content (AvgIpc) is 3.47. The quantitative estimate of drug-likeness (QED) is 0.485. The molecule has 0 aromatic heterocycles. The van der Waals surface area contributed by atoms with E-state index in [1.165, 1.54) is 18.4 Å². The Bertz CT molecular complexity index is 624. The van der Waals surface area contributed by atoms with Crippen molar-refractivity contribution in [3.05, 3.63) is 34.3 Å². The molecule has 1 saturated heterocycles. The number of nitrogens with one attached hydrogen (secondary N) is 2. The predicted octanol–water partition coefficient (Wildman–Crippen LogP) is 3.15. The van der Waals surface area contributed by atoms with Crippen molar-refractivity contribution >= 4 is 21.9 Å². The minimum absolute atomic E-state index is 0.232. The molecule has 1 aromatic carbocycles. The monoisotopic (exact) mass is 436 g/mol. The van der Waals surface area contributed by atoms with Crippen molar-refractivity contribution in [2.45, 2.75) is 44.1 Å². The van der Waals surface area contributed by atoms with Gasteiger partial charge in [0.1, 0.15) is 0 Å². The third kappa shape index (κ3) is 5.93. The highest BCUT2D eigenvalue weighted by atomic mass is 79.9. The van der Waals surface area contributed by atoms with Gasteiger partial charge in [-0.25, -0.2) is 0 Å². The highest BCUT2D eigenvalue weighted by Crippen LogP contribution is 2.48. The number of likely N-dealkylation sites (tertiary alicyclic amines) is 1. The molecular weight excluding hydrogens is 404 g/mol. The van der Waals surface area contributed by atoms with Gasteiger partial charge in [0, 0.05) is 49.2 Å². The molecule has 1 aromatic rings. The van der Waals surface area contributed by atoms with E-state index in [9.17, 15) is 0 Å². The molecule has 1 heterocycles. The summed E-state index contributed by atoms with van der Waals surface area (Å²) in [4.78, 5) is 7.45. The van der Waals surface area contributed by atoms with Crippen LogP contribution in [0.5, 0.6) is 0 Å². The Labute approximate surface area is 172 Å². The summed E-state index contributed by atoms with van der Waals surface area (Å²) in [7, 11) is 1.77. The number of guanidine groups is 1. The van der Waals surface area contributed by atoms with Crippen LogP contribution in [0.3, 0.4) is 0 Å². The van der Waals surface area contributed by atoms with Gasteiger partial charge in [0.25, 0.3) is 0 Å². The van der Waals surface area contributed by atoms with E-state index < -0.39 is 0 Å². The number of methoxy groups -OCH3 is 1. The van der Waals surface area contributed by atoms with Gasteiger partial charge in [-0.1, -0.05) is 28.1 Å². The maximum atomic E-state index is 5.19. The fourth-order valence-electron chi connectivity index (χ4n) is 3.77. The number of aliphatic imine (C=N–C) groups is 1. The zero-order chi connectivity index (χ0) is 19.1. The number of ether oxygens (including phenoxy) is 1. The predicted molar refractivity (Wildman–Crippen MR) is 116 cm³/mol. The molecule has 6 heteroatoms. The highest BCUT2D eigenvalue weighted by molar-refractivity contribution is 9.10. The maximum absolute atomic E-state index is 5.19. The summed E-state index contributed by atoms with van der Waals surface area (Å²) in [5.41, 5.74) is 1.64. The van der Waals surface area contributed by atoms with Crippen LogP contribution in [0, 0.1) is 0 Å². The van der Waals surface area contributed by atoms with Crippen LogP contribution in [0.4, 0.5) is 0 Å². The van der Waals surface area contributed by atoms with Gasteiger partial charge in [-0.15, -0.1) is 0 Å². The lowest BCUT2D eigenvalue weighted by atomic mass is 9.96. The molecular formula is C21H33BrN4O. The van der Waals surface area contributed by atoms with Crippen molar-refractivity contribution in [1.82, 2.24) is 15.5 Å². The molecule has 0 unspecified atom stereocenters. The van der Waals surface area contributed by atoms with Crippen LogP contribution in [-0.2, 0) is 10.2 Å². The standard InChI is InChI=1S/C21H33BrN4O/c1-3-23-20(25-19-7-11-26(12-8-19)13-14-27-2)24-16-21(9-10-21)17-5-4-6-18(22)15-17/h4-6,15,19H,3,7-14,16H2,1-2H3,(H2,23,24,25). The molecule has 0 spiro atoms. The SMILES string of the molecule is CCNC(=NCC1(c2cccc(Br)c2)CC1)NC1CCN(CCOC)CC1. The largest absolute Gasteiger partial charge is 0.383 e. The lowest BCUT2D eigenvalue weighted by Gasteiger charge is -2.33. The summed E-state index contributed by atoms with van der Waals surface area (Å²) in [6.45, 7) is 7.98. The van der Waals surface area contributed by atoms with Gasteiger partial charge >= 0.3 is 0 Å². The fourth-order valence-corrected chi connectivity index (χ4v) is 4.17. The van der Waals surface area contributed by atoms with Crippen LogP contribution in [-0.4, -0.2) is 63.3 Å².